The lowest BCUT2D eigenvalue weighted by Crippen LogP contribution is -2.48. The summed E-state index contributed by atoms with van der Waals surface area (Å²) in [6.45, 7) is 1.79. The van der Waals surface area contributed by atoms with Crippen LogP contribution in [0.3, 0.4) is 0 Å². The molecule has 1 aromatic heterocycles. The van der Waals surface area contributed by atoms with Crippen LogP contribution in [-0.4, -0.2) is 60.0 Å². The summed E-state index contributed by atoms with van der Waals surface area (Å²) >= 11 is 7.83. The minimum atomic E-state index is -4.39. The number of rotatable bonds is 7. The van der Waals surface area contributed by atoms with E-state index in [0.29, 0.717) is 59.5 Å². The average molecular weight is 604 g/mol. The summed E-state index contributed by atoms with van der Waals surface area (Å²) in [4.78, 5) is 28.3. The predicted molar refractivity (Wildman–Crippen MR) is 158 cm³/mol. The number of carbonyl (C=O) groups excluding carboxylic acids is 1. The summed E-state index contributed by atoms with van der Waals surface area (Å²) in [5.41, 5.74) is 1.40. The quantitative estimate of drug-likeness (QED) is 0.162. The Bertz CT molecular complexity index is 1360. The van der Waals surface area contributed by atoms with Crippen molar-refractivity contribution in [3.8, 4) is 0 Å². The molecule has 218 valence electrons. The summed E-state index contributed by atoms with van der Waals surface area (Å²) in [6.07, 6.45) is 1.67. The van der Waals surface area contributed by atoms with E-state index in [1.807, 2.05) is 29.2 Å². The highest BCUT2D eigenvalue weighted by molar-refractivity contribution is 7.98. The number of halogens is 4. The second-order valence-corrected chi connectivity index (χ2v) is 11.9. The smallest absolute Gasteiger partial charge is 0.368 e. The van der Waals surface area contributed by atoms with Crippen LogP contribution >= 0.6 is 23.4 Å². The Labute approximate surface area is 247 Å². The van der Waals surface area contributed by atoms with Crippen LogP contribution < -0.4 is 9.80 Å². The Balaban J connectivity index is 1.19. The zero-order chi connectivity index (χ0) is 29.0. The number of piperazine rings is 1. The fourth-order valence-electron chi connectivity index (χ4n) is 5.46. The fourth-order valence-corrected chi connectivity index (χ4v) is 6.48. The van der Waals surface area contributed by atoms with Gasteiger partial charge in [-0.15, -0.1) is 0 Å². The molecule has 0 atom stereocenters. The first kappa shape index (κ1) is 29.5. The van der Waals surface area contributed by atoms with Crippen LogP contribution in [0, 0.1) is 0 Å². The van der Waals surface area contributed by atoms with Crippen LogP contribution in [0.5, 0.6) is 0 Å². The molecule has 2 fully saturated rings. The van der Waals surface area contributed by atoms with Gasteiger partial charge in [-0.2, -0.15) is 13.2 Å². The van der Waals surface area contributed by atoms with Gasteiger partial charge in [0.1, 0.15) is 11.0 Å². The third-order valence-corrected chi connectivity index (χ3v) is 8.90. The topological polar surface area (TPSA) is 52.6 Å². The van der Waals surface area contributed by atoms with Crippen molar-refractivity contribution >= 4 is 40.8 Å². The number of carbonyl (C=O) groups is 1. The highest BCUT2D eigenvalue weighted by atomic mass is 35.5. The van der Waals surface area contributed by atoms with E-state index in [0.717, 1.165) is 30.3 Å². The molecule has 0 radical (unpaired) electrons. The maximum atomic E-state index is 13.3. The minimum Gasteiger partial charge on any atom is -0.368 e. The molecular weight excluding hydrogens is 571 g/mol. The summed E-state index contributed by atoms with van der Waals surface area (Å²) < 4.78 is 39.4. The van der Waals surface area contributed by atoms with Crippen LogP contribution in [0.2, 0.25) is 5.15 Å². The molecule has 2 aliphatic rings. The van der Waals surface area contributed by atoms with E-state index in [1.54, 1.807) is 17.0 Å². The Morgan fingerprint density at radius 2 is 1.73 bits per heavy atom. The molecule has 6 nitrogen and oxygen atoms in total. The van der Waals surface area contributed by atoms with Crippen molar-refractivity contribution in [2.45, 2.75) is 55.2 Å². The van der Waals surface area contributed by atoms with Gasteiger partial charge in [0.05, 0.1) is 5.56 Å². The average Bonchev–Trinajstić information content (AvgIpc) is 2.99. The van der Waals surface area contributed by atoms with Gasteiger partial charge in [0.15, 0.2) is 5.16 Å². The molecule has 0 bridgehead atoms. The van der Waals surface area contributed by atoms with Gasteiger partial charge in [-0.3, -0.25) is 4.79 Å². The van der Waals surface area contributed by atoms with E-state index in [9.17, 15) is 18.0 Å². The fraction of sp³-hybridized carbons (Fsp3) is 0.433. The van der Waals surface area contributed by atoms with Crippen LogP contribution in [0.1, 0.15) is 53.6 Å². The van der Waals surface area contributed by atoms with E-state index in [-0.39, 0.29) is 5.91 Å². The van der Waals surface area contributed by atoms with Crippen molar-refractivity contribution in [2.24, 2.45) is 0 Å². The zero-order valence-electron chi connectivity index (χ0n) is 22.9. The first-order valence-corrected chi connectivity index (χ1v) is 15.2. The number of hydrogen-bond acceptors (Lipinski definition) is 6. The Morgan fingerprint density at radius 3 is 2.46 bits per heavy atom. The standard InChI is InChI=1S/C30H33ClF3N5OS/c1-37(24-10-3-2-4-11-24)27-19-26(31)35-29(36-27)41-20-21-7-5-8-22(17-21)28(40)39-15-13-38(14-16-39)25-12-6-9-23(18-25)30(32,33)34/h5-9,12,17-19,24H,2-4,10-11,13-16,20H2,1H3. The monoisotopic (exact) mass is 603 g/mol. The van der Waals surface area contributed by atoms with E-state index in [4.69, 9.17) is 16.6 Å². The third kappa shape index (κ3) is 7.46. The second kappa shape index (κ2) is 12.9. The molecule has 41 heavy (non-hydrogen) atoms. The maximum Gasteiger partial charge on any atom is 0.416 e. The van der Waals surface area contributed by atoms with Crippen LogP contribution in [0.25, 0.3) is 0 Å². The number of hydrogen-bond donors (Lipinski definition) is 0. The van der Waals surface area contributed by atoms with E-state index < -0.39 is 11.7 Å². The van der Waals surface area contributed by atoms with Crippen molar-refractivity contribution in [3.63, 3.8) is 0 Å². The molecule has 1 saturated carbocycles. The first-order valence-electron chi connectivity index (χ1n) is 13.9. The highest BCUT2D eigenvalue weighted by Crippen LogP contribution is 2.32. The lowest BCUT2D eigenvalue weighted by molar-refractivity contribution is -0.137. The number of anilines is 2. The van der Waals surface area contributed by atoms with Gasteiger partial charge in [-0.25, -0.2) is 9.97 Å². The molecule has 2 heterocycles. The zero-order valence-corrected chi connectivity index (χ0v) is 24.5. The first-order chi connectivity index (χ1) is 19.7. The molecule has 5 rings (SSSR count). The summed E-state index contributed by atoms with van der Waals surface area (Å²) in [7, 11) is 2.07. The molecule has 2 aromatic carbocycles. The second-order valence-electron chi connectivity index (χ2n) is 10.6. The van der Waals surface area contributed by atoms with Gasteiger partial charge >= 0.3 is 6.18 Å². The predicted octanol–water partition coefficient (Wildman–Crippen LogP) is 7.17. The van der Waals surface area contributed by atoms with Crippen molar-refractivity contribution in [2.75, 3.05) is 43.0 Å². The lowest BCUT2D eigenvalue weighted by atomic mass is 9.94. The molecule has 3 aromatic rings. The molecule has 1 saturated heterocycles. The Hall–Kier alpha value is -2.98. The maximum absolute atomic E-state index is 13.3. The lowest BCUT2D eigenvalue weighted by Gasteiger charge is -2.36. The van der Waals surface area contributed by atoms with E-state index in [2.05, 4.69) is 16.9 Å². The summed E-state index contributed by atoms with van der Waals surface area (Å²) in [5.74, 6) is 1.32. The van der Waals surface area contributed by atoms with Crippen LogP contribution in [-0.2, 0) is 11.9 Å². The number of alkyl halides is 3. The van der Waals surface area contributed by atoms with Crippen LogP contribution in [0.15, 0.2) is 59.8 Å². The minimum absolute atomic E-state index is 0.0871. The van der Waals surface area contributed by atoms with Gasteiger partial charge in [-0.1, -0.05) is 60.8 Å². The van der Waals surface area contributed by atoms with Crippen molar-refractivity contribution in [3.05, 3.63) is 76.4 Å². The van der Waals surface area contributed by atoms with Crippen molar-refractivity contribution in [1.82, 2.24) is 14.9 Å². The van der Waals surface area contributed by atoms with Gasteiger partial charge in [0, 0.05) is 62.3 Å². The molecule has 1 aliphatic heterocycles. The largest absolute Gasteiger partial charge is 0.416 e. The van der Waals surface area contributed by atoms with Gasteiger partial charge in [0.2, 0.25) is 0 Å². The number of nitrogens with zero attached hydrogens (tertiary/aromatic N) is 5. The summed E-state index contributed by atoms with van der Waals surface area (Å²) in [6, 6.07) is 15.1. The summed E-state index contributed by atoms with van der Waals surface area (Å²) in [5, 5.41) is 1.01. The van der Waals surface area contributed by atoms with E-state index >= 15 is 0 Å². The normalized spacial score (nSPS) is 16.6. The van der Waals surface area contributed by atoms with Gasteiger partial charge < -0.3 is 14.7 Å². The molecule has 1 aliphatic carbocycles. The van der Waals surface area contributed by atoms with Crippen LogP contribution in [0.4, 0.5) is 24.7 Å². The molecule has 1 amide bonds. The van der Waals surface area contributed by atoms with Gasteiger partial charge in [-0.05, 0) is 48.7 Å². The number of amides is 1. The Morgan fingerprint density at radius 1 is 1.00 bits per heavy atom. The number of thioether (sulfide) groups is 1. The number of benzene rings is 2. The van der Waals surface area contributed by atoms with Gasteiger partial charge in [0.25, 0.3) is 5.91 Å². The van der Waals surface area contributed by atoms with E-state index in [1.165, 1.54) is 43.2 Å². The highest BCUT2D eigenvalue weighted by Gasteiger charge is 2.31. The molecular formula is C30H33ClF3N5OS. The Kier molecular flexibility index (Phi) is 9.28. The third-order valence-electron chi connectivity index (χ3n) is 7.79. The molecule has 0 spiro atoms. The molecule has 0 N–H and O–H groups in total. The number of aromatic nitrogens is 2. The molecule has 11 heteroatoms. The SMILES string of the molecule is CN(c1cc(Cl)nc(SCc2cccc(C(=O)N3CCN(c4cccc(C(F)(F)F)c4)CC3)c2)n1)C1CCCCC1. The van der Waals surface area contributed by atoms with Crippen molar-refractivity contribution in [1.29, 1.82) is 0 Å². The van der Waals surface area contributed by atoms with Crippen molar-refractivity contribution < 1.29 is 18.0 Å². The molecule has 0 unspecified atom stereocenters.